The second-order valence-corrected chi connectivity index (χ2v) is 9.88. The molecule has 1 aliphatic carbocycles. The molecule has 0 spiro atoms. The molecule has 2 aromatic carbocycles. The van der Waals surface area contributed by atoms with Crippen LogP contribution < -0.4 is 0 Å². The van der Waals surface area contributed by atoms with Crippen molar-refractivity contribution in [2.24, 2.45) is 0 Å². The summed E-state index contributed by atoms with van der Waals surface area (Å²) in [5.41, 5.74) is 2.99. The highest BCUT2D eigenvalue weighted by molar-refractivity contribution is 7.99. The van der Waals surface area contributed by atoms with Gasteiger partial charge in [0, 0.05) is 17.2 Å². The Morgan fingerprint density at radius 1 is 1.03 bits per heavy atom. The van der Waals surface area contributed by atoms with Crippen LogP contribution in [0.4, 0.5) is 0 Å². The number of benzene rings is 2. The standard InChI is InChI=1S/C24H24ClN5OS/c1-15-8-7-9-17(14-15)23-28-27-22(31-23)16(2)32-24-29-26-21(19-12-5-6-13-20(19)25)30(24)18-10-3-4-11-18/h5-9,12-14,16,18H,3-4,10-11H2,1-2H3/t16-/m1/s1. The molecule has 0 amide bonds. The Labute approximate surface area is 196 Å². The minimum Gasteiger partial charge on any atom is -0.419 e. The fraction of sp³-hybridized carbons (Fsp3) is 0.333. The van der Waals surface area contributed by atoms with Crippen molar-refractivity contribution in [2.75, 3.05) is 0 Å². The van der Waals surface area contributed by atoms with E-state index in [1.807, 2.05) is 55.5 Å². The van der Waals surface area contributed by atoms with E-state index in [-0.39, 0.29) is 5.25 Å². The highest BCUT2D eigenvalue weighted by atomic mass is 35.5. The molecule has 0 saturated heterocycles. The van der Waals surface area contributed by atoms with Crippen LogP contribution in [0.25, 0.3) is 22.8 Å². The third-order valence-electron chi connectivity index (χ3n) is 5.80. The van der Waals surface area contributed by atoms with Gasteiger partial charge >= 0.3 is 0 Å². The van der Waals surface area contributed by atoms with Crippen LogP contribution >= 0.6 is 23.4 Å². The van der Waals surface area contributed by atoms with E-state index in [4.69, 9.17) is 16.0 Å². The summed E-state index contributed by atoms with van der Waals surface area (Å²) >= 11 is 8.09. The molecule has 6 nitrogen and oxygen atoms in total. The molecule has 0 N–H and O–H groups in total. The van der Waals surface area contributed by atoms with Crippen molar-refractivity contribution in [3.8, 4) is 22.8 Å². The molecular formula is C24H24ClN5OS. The summed E-state index contributed by atoms with van der Waals surface area (Å²) in [6.45, 7) is 4.10. The van der Waals surface area contributed by atoms with Gasteiger partial charge in [-0.1, -0.05) is 66.0 Å². The molecule has 164 valence electrons. The first-order chi connectivity index (χ1) is 15.6. The van der Waals surface area contributed by atoms with Gasteiger partial charge in [0.05, 0.1) is 10.3 Å². The predicted octanol–water partition coefficient (Wildman–Crippen LogP) is 6.93. The number of aryl methyl sites for hydroxylation is 1. The molecule has 2 heterocycles. The van der Waals surface area contributed by atoms with Gasteiger partial charge in [-0.25, -0.2) is 0 Å². The molecule has 1 atom stereocenters. The van der Waals surface area contributed by atoms with E-state index in [2.05, 4.69) is 31.9 Å². The Bertz CT molecular complexity index is 1230. The second kappa shape index (κ2) is 9.08. The Hall–Kier alpha value is -2.64. The lowest BCUT2D eigenvalue weighted by molar-refractivity contribution is 0.482. The Morgan fingerprint density at radius 2 is 1.84 bits per heavy atom. The van der Waals surface area contributed by atoms with E-state index in [9.17, 15) is 0 Å². The van der Waals surface area contributed by atoms with Crippen molar-refractivity contribution in [1.82, 2.24) is 25.0 Å². The lowest BCUT2D eigenvalue weighted by Crippen LogP contribution is -2.09. The van der Waals surface area contributed by atoms with Crippen molar-refractivity contribution in [3.05, 3.63) is 65.0 Å². The van der Waals surface area contributed by atoms with Crippen LogP contribution in [-0.2, 0) is 0 Å². The molecule has 5 rings (SSSR count). The molecule has 0 unspecified atom stereocenters. The van der Waals surface area contributed by atoms with Crippen molar-refractivity contribution in [1.29, 1.82) is 0 Å². The molecule has 0 bridgehead atoms. The zero-order valence-electron chi connectivity index (χ0n) is 18.0. The monoisotopic (exact) mass is 465 g/mol. The van der Waals surface area contributed by atoms with Crippen LogP contribution in [0.3, 0.4) is 0 Å². The molecule has 0 aliphatic heterocycles. The zero-order valence-corrected chi connectivity index (χ0v) is 19.6. The minimum absolute atomic E-state index is 0.0653. The third kappa shape index (κ3) is 4.19. The van der Waals surface area contributed by atoms with Crippen molar-refractivity contribution in [2.45, 2.75) is 56.0 Å². The summed E-state index contributed by atoms with van der Waals surface area (Å²) in [7, 11) is 0. The van der Waals surface area contributed by atoms with Gasteiger partial charge in [-0.2, -0.15) is 0 Å². The molecule has 0 radical (unpaired) electrons. The summed E-state index contributed by atoms with van der Waals surface area (Å²) in [5.74, 6) is 1.93. The maximum atomic E-state index is 6.50. The first-order valence-corrected chi connectivity index (χ1v) is 12.1. The second-order valence-electron chi connectivity index (χ2n) is 8.17. The number of aromatic nitrogens is 5. The normalized spacial score (nSPS) is 15.3. The van der Waals surface area contributed by atoms with Gasteiger partial charge in [-0.3, -0.25) is 4.57 Å². The van der Waals surface area contributed by atoms with Gasteiger partial charge in [0.25, 0.3) is 0 Å². The Kier molecular flexibility index (Phi) is 6.02. The Balaban J connectivity index is 1.45. The van der Waals surface area contributed by atoms with E-state index in [1.165, 1.54) is 12.8 Å². The van der Waals surface area contributed by atoms with Crippen LogP contribution in [0.2, 0.25) is 5.02 Å². The fourth-order valence-corrected chi connectivity index (χ4v) is 5.35. The zero-order chi connectivity index (χ0) is 22.1. The number of nitrogens with zero attached hydrogens (tertiary/aromatic N) is 5. The first kappa shape index (κ1) is 21.2. The molecule has 2 aromatic heterocycles. The average Bonchev–Trinajstić information content (AvgIpc) is 3.55. The van der Waals surface area contributed by atoms with Gasteiger partial charge in [0.15, 0.2) is 11.0 Å². The van der Waals surface area contributed by atoms with Gasteiger partial charge in [-0.05, 0) is 51.0 Å². The average molecular weight is 466 g/mol. The quantitative estimate of drug-likeness (QED) is 0.287. The van der Waals surface area contributed by atoms with Gasteiger partial charge in [0.2, 0.25) is 11.8 Å². The van der Waals surface area contributed by atoms with E-state index in [0.29, 0.717) is 22.8 Å². The number of thioether (sulfide) groups is 1. The molecule has 1 aliphatic rings. The number of halogens is 1. The number of hydrogen-bond donors (Lipinski definition) is 0. The number of rotatable bonds is 6. The SMILES string of the molecule is Cc1cccc(-c2nnc([C@@H](C)Sc3nnc(-c4ccccc4Cl)n3C3CCCC3)o2)c1. The van der Waals surface area contributed by atoms with E-state index in [0.717, 1.165) is 40.5 Å². The highest BCUT2D eigenvalue weighted by Gasteiger charge is 2.28. The molecule has 1 fully saturated rings. The smallest absolute Gasteiger partial charge is 0.247 e. The maximum Gasteiger partial charge on any atom is 0.247 e. The fourth-order valence-electron chi connectivity index (χ4n) is 4.18. The minimum atomic E-state index is -0.0653. The summed E-state index contributed by atoms with van der Waals surface area (Å²) in [4.78, 5) is 0. The summed E-state index contributed by atoms with van der Waals surface area (Å²) < 4.78 is 8.27. The molecule has 1 saturated carbocycles. The first-order valence-electron chi connectivity index (χ1n) is 10.9. The van der Waals surface area contributed by atoms with Crippen molar-refractivity contribution >= 4 is 23.4 Å². The lowest BCUT2D eigenvalue weighted by Gasteiger charge is -2.18. The van der Waals surface area contributed by atoms with E-state index < -0.39 is 0 Å². The van der Waals surface area contributed by atoms with Gasteiger partial charge < -0.3 is 4.42 Å². The van der Waals surface area contributed by atoms with Gasteiger partial charge in [0.1, 0.15) is 0 Å². The van der Waals surface area contributed by atoms with Crippen LogP contribution in [-0.4, -0.2) is 25.0 Å². The third-order valence-corrected chi connectivity index (χ3v) is 7.18. The largest absolute Gasteiger partial charge is 0.419 e. The predicted molar refractivity (Wildman–Crippen MR) is 127 cm³/mol. The van der Waals surface area contributed by atoms with E-state index in [1.54, 1.807) is 11.8 Å². The summed E-state index contributed by atoms with van der Waals surface area (Å²) in [5, 5.41) is 19.1. The molecule has 8 heteroatoms. The molecular weight excluding hydrogens is 442 g/mol. The van der Waals surface area contributed by atoms with Crippen molar-refractivity contribution in [3.63, 3.8) is 0 Å². The molecule has 4 aromatic rings. The highest BCUT2D eigenvalue weighted by Crippen LogP contribution is 2.41. The van der Waals surface area contributed by atoms with E-state index >= 15 is 0 Å². The van der Waals surface area contributed by atoms with Crippen LogP contribution in [0.1, 0.15) is 55.4 Å². The van der Waals surface area contributed by atoms with Crippen molar-refractivity contribution < 1.29 is 4.42 Å². The van der Waals surface area contributed by atoms with Crippen LogP contribution in [0, 0.1) is 6.92 Å². The summed E-state index contributed by atoms with van der Waals surface area (Å²) in [6, 6.07) is 16.2. The van der Waals surface area contributed by atoms with Gasteiger partial charge in [-0.15, -0.1) is 20.4 Å². The maximum absolute atomic E-state index is 6.50. The molecule has 32 heavy (non-hydrogen) atoms. The lowest BCUT2D eigenvalue weighted by atomic mass is 10.1. The number of hydrogen-bond acceptors (Lipinski definition) is 6. The Morgan fingerprint density at radius 3 is 2.62 bits per heavy atom. The van der Waals surface area contributed by atoms with Crippen LogP contribution in [0.15, 0.2) is 58.1 Å². The summed E-state index contributed by atoms with van der Waals surface area (Å²) in [6.07, 6.45) is 4.67. The topological polar surface area (TPSA) is 69.6 Å². The van der Waals surface area contributed by atoms with Crippen LogP contribution in [0.5, 0.6) is 0 Å².